The number of aryl methyl sites for hydroxylation is 1. The molecule has 3 N–H and O–H groups in total. The van der Waals surface area contributed by atoms with Crippen LogP contribution in [0.3, 0.4) is 0 Å². The van der Waals surface area contributed by atoms with Crippen LogP contribution in [0.2, 0.25) is 0 Å². The second-order valence-electron chi connectivity index (χ2n) is 3.31. The summed E-state index contributed by atoms with van der Waals surface area (Å²) < 4.78 is 1.97. The molecule has 0 saturated carbocycles. The van der Waals surface area contributed by atoms with E-state index in [1.807, 2.05) is 4.57 Å². The van der Waals surface area contributed by atoms with E-state index in [0.717, 1.165) is 25.1 Å². The van der Waals surface area contributed by atoms with Crippen molar-refractivity contribution in [1.29, 1.82) is 0 Å². The summed E-state index contributed by atoms with van der Waals surface area (Å²) in [7, 11) is 0. The van der Waals surface area contributed by atoms with Crippen molar-refractivity contribution in [3.05, 3.63) is 18.2 Å². The Kier molecular flexibility index (Phi) is 1.66. The first kappa shape index (κ1) is 7.76. The summed E-state index contributed by atoms with van der Waals surface area (Å²) in [6.45, 7) is 1.22. The summed E-state index contributed by atoms with van der Waals surface area (Å²) in [5, 5.41) is 10.0. The summed E-state index contributed by atoms with van der Waals surface area (Å²) in [5.74, 6) is 0. The van der Waals surface area contributed by atoms with Crippen molar-refractivity contribution in [3.8, 4) is 0 Å². The number of fused-ring (bicyclic) bond motifs is 1. The second kappa shape index (κ2) is 2.57. The van der Waals surface area contributed by atoms with Crippen molar-refractivity contribution in [1.82, 2.24) is 9.55 Å². The topological polar surface area (TPSA) is 64.1 Å². The molecule has 0 bridgehead atoms. The molecule has 1 aromatic heterocycles. The lowest BCUT2D eigenvalue weighted by molar-refractivity contribution is 0.0144. The van der Waals surface area contributed by atoms with Gasteiger partial charge in [0.05, 0.1) is 18.2 Å². The van der Waals surface area contributed by atoms with E-state index in [0.29, 0.717) is 0 Å². The van der Waals surface area contributed by atoms with Crippen molar-refractivity contribution in [2.24, 2.45) is 5.73 Å². The normalized spacial score (nSPS) is 28.5. The van der Waals surface area contributed by atoms with Gasteiger partial charge in [-0.25, -0.2) is 4.98 Å². The highest BCUT2D eigenvalue weighted by molar-refractivity contribution is 5.13. The van der Waals surface area contributed by atoms with Crippen LogP contribution in [0.5, 0.6) is 0 Å². The Morgan fingerprint density at radius 3 is 3.33 bits per heavy atom. The summed E-state index contributed by atoms with van der Waals surface area (Å²) in [6, 6.07) is 0. The largest absolute Gasteiger partial charge is 0.382 e. The van der Waals surface area contributed by atoms with E-state index in [2.05, 4.69) is 4.98 Å². The van der Waals surface area contributed by atoms with Gasteiger partial charge in [-0.15, -0.1) is 0 Å². The lowest BCUT2D eigenvalue weighted by Crippen LogP contribution is -2.39. The molecular formula is C8H13N3O. The zero-order valence-corrected chi connectivity index (χ0v) is 6.90. The minimum absolute atomic E-state index is 0.276. The average molecular weight is 167 g/mol. The zero-order chi connectivity index (χ0) is 8.60. The van der Waals surface area contributed by atoms with Crippen molar-refractivity contribution < 1.29 is 5.11 Å². The first-order valence-electron chi connectivity index (χ1n) is 4.19. The summed E-state index contributed by atoms with van der Waals surface area (Å²) in [5.41, 5.74) is 5.54. The molecule has 0 aliphatic carbocycles. The number of aromatic nitrogens is 2. The first-order valence-corrected chi connectivity index (χ1v) is 4.19. The van der Waals surface area contributed by atoms with E-state index < -0.39 is 5.60 Å². The van der Waals surface area contributed by atoms with Crippen molar-refractivity contribution in [3.63, 3.8) is 0 Å². The third kappa shape index (κ3) is 0.956. The standard InChI is InChI=1S/C8H13N3O/c9-5-8(12)2-1-3-11-6-10-4-7(8)11/h4,6,12H,1-3,5,9H2. The van der Waals surface area contributed by atoms with E-state index in [-0.39, 0.29) is 6.54 Å². The van der Waals surface area contributed by atoms with Gasteiger partial charge in [-0.05, 0) is 12.8 Å². The lowest BCUT2D eigenvalue weighted by atomic mass is 9.91. The van der Waals surface area contributed by atoms with Crippen LogP contribution < -0.4 is 5.73 Å². The quantitative estimate of drug-likeness (QED) is 0.610. The van der Waals surface area contributed by atoms with Crippen LogP contribution in [0.4, 0.5) is 0 Å². The summed E-state index contributed by atoms with van der Waals surface area (Å²) in [6.07, 6.45) is 5.16. The fourth-order valence-corrected chi connectivity index (χ4v) is 1.76. The molecule has 0 spiro atoms. The van der Waals surface area contributed by atoms with Crippen LogP contribution in [-0.2, 0) is 12.1 Å². The van der Waals surface area contributed by atoms with Crippen LogP contribution in [0, 0.1) is 0 Å². The van der Waals surface area contributed by atoms with Crippen LogP contribution in [0.15, 0.2) is 12.5 Å². The molecule has 66 valence electrons. The first-order chi connectivity index (χ1) is 5.76. The molecule has 1 unspecified atom stereocenters. The average Bonchev–Trinajstić information content (AvgIpc) is 2.54. The SMILES string of the molecule is NCC1(O)CCCn2cncc21. The Hall–Kier alpha value is -0.870. The van der Waals surface area contributed by atoms with Crippen LogP contribution >= 0.6 is 0 Å². The smallest absolute Gasteiger partial charge is 0.118 e. The highest BCUT2D eigenvalue weighted by Gasteiger charge is 2.33. The van der Waals surface area contributed by atoms with Gasteiger partial charge in [0.2, 0.25) is 0 Å². The lowest BCUT2D eigenvalue weighted by Gasteiger charge is -2.31. The minimum atomic E-state index is -0.839. The molecule has 0 amide bonds. The van der Waals surface area contributed by atoms with E-state index in [1.54, 1.807) is 12.5 Å². The highest BCUT2D eigenvalue weighted by Crippen LogP contribution is 2.29. The predicted molar refractivity (Wildman–Crippen MR) is 44.4 cm³/mol. The van der Waals surface area contributed by atoms with Gasteiger partial charge in [0.1, 0.15) is 5.60 Å². The molecule has 0 saturated heterocycles. The summed E-state index contributed by atoms with van der Waals surface area (Å²) >= 11 is 0. The molecule has 1 aromatic rings. The van der Waals surface area contributed by atoms with Gasteiger partial charge in [0, 0.05) is 13.1 Å². The molecule has 1 atom stereocenters. The third-order valence-corrected chi connectivity index (χ3v) is 2.52. The van der Waals surface area contributed by atoms with E-state index in [9.17, 15) is 5.11 Å². The van der Waals surface area contributed by atoms with Crippen LogP contribution in [0.25, 0.3) is 0 Å². The van der Waals surface area contributed by atoms with Gasteiger partial charge < -0.3 is 15.4 Å². The molecule has 0 aromatic carbocycles. The van der Waals surface area contributed by atoms with E-state index in [1.165, 1.54) is 0 Å². The third-order valence-electron chi connectivity index (χ3n) is 2.52. The van der Waals surface area contributed by atoms with Gasteiger partial charge in [-0.2, -0.15) is 0 Å². The molecular weight excluding hydrogens is 154 g/mol. The molecule has 0 fully saturated rings. The Morgan fingerprint density at radius 1 is 1.75 bits per heavy atom. The number of nitrogens with two attached hydrogens (primary N) is 1. The number of aliphatic hydroxyl groups is 1. The van der Waals surface area contributed by atoms with Gasteiger partial charge in [-0.3, -0.25) is 0 Å². The maximum Gasteiger partial charge on any atom is 0.118 e. The Morgan fingerprint density at radius 2 is 2.58 bits per heavy atom. The zero-order valence-electron chi connectivity index (χ0n) is 6.90. The van der Waals surface area contributed by atoms with Gasteiger partial charge >= 0.3 is 0 Å². The Labute approximate surface area is 71.0 Å². The Bertz CT molecular complexity index is 284. The van der Waals surface area contributed by atoms with Crippen molar-refractivity contribution >= 4 is 0 Å². The van der Waals surface area contributed by atoms with Gasteiger partial charge in [0.15, 0.2) is 0 Å². The van der Waals surface area contributed by atoms with Crippen LogP contribution in [0.1, 0.15) is 18.5 Å². The fourth-order valence-electron chi connectivity index (χ4n) is 1.76. The number of rotatable bonds is 1. The summed E-state index contributed by atoms with van der Waals surface area (Å²) in [4.78, 5) is 3.99. The molecule has 4 nitrogen and oxygen atoms in total. The van der Waals surface area contributed by atoms with E-state index >= 15 is 0 Å². The molecule has 1 aliphatic heterocycles. The number of hydrogen-bond acceptors (Lipinski definition) is 3. The second-order valence-corrected chi connectivity index (χ2v) is 3.31. The van der Waals surface area contributed by atoms with Crippen LogP contribution in [-0.4, -0.2) is 21.2 Å². The highest BCUT2D eigenvalue weighted by atomic mass is 16.3. The minimum Gasteiger partial charge on any atom is -0.382 e. The van der Waals surface area contributed by atoms with Gasteiger partial charge in [-0.1, -0.05) is 0 Å². The molecule has 2 rings (SSSR count). The maximum absolute atomic E-state index is 10.0. The fraction of sp³-hybridized carbons (Fsp3) is 0.625. The molecule has 0 radical (unpaired) electrons. The molecule has 12 heavy (non-hydrogen) atoms. The molecule has 2 heterocycles. The van der Waals surface area contributed by atoms with E-state index in [4.69, 9.17) is 5.73 Å². The number of hydrogen-bond donors (Lipinski definition) is 2. The number of nitrogens with zero attached hydrogens (tertiary/aromatic N) is 2. The van der Waals surface area contributed by atoms with Crippen molar-refractivity contribution in [2.75, 3.05) is 6.54 Å². The molecule has 1 aliphatic rings. The van der Waals surface area contributed by atoms with Gasteiger partial charge in [0.25, 0.3) is 0 Å². The van der Waals surface area contributed by atoms with Crippen molar-refractivity contribution in [2.45, 2.75) is 25.0 Å². The molecule has 4 heteroatoms. The Balaban J connectivity index is 2.44. The number of imidazole rings is 1. The maximum atomic E-state index is 10.0. The monoisotopic (exact) mass is 167 g/mol. The predicted octanol–water partition coefficient (Wildman–Crippen LogP) is -0.177.